The number of benzene rings is 1. The third kappa shape index (κ3) is 3.28. The van der Waals surface area contributed by atoms with E-state index >= 15 is 0 Å². The summed E-state index contributed by atoms with van der Waals surface area (Å²) in [6, 6.07) is 10.4. The van der Waals surface area contributed by atoms with Crippen LogP contribution in [0.2, 0.25) is 0 Å². The van der Waals surface area contributed by atoms with Gasteiger partial charge in [-0.3, -0.25) is 0 Å². The van der Waals surface area contributed by atoms with E-state index in [0.717, 1.165) is 6.42 Å². The molecule has 0 saturated heterocycles. The molecule has 1 rings (SSSR count). The smallest absolute Gasteiger partial charge is 0.0218 e. The van der Waals surface area contributed by atoms with Gasteiger partial charge in [0.05, 0.1) is 0 Å². The van der Waals surface area contributed by atoms with Gasteiger partial charge in [-0.25, -0.2) is 0 Å². The van der Waals surface area contributed by atoms with Crippen molar-refractivity contribution in [1.29, 1.82) is 0 Å². The molecular weight excluding hydrogens is 152 g/mol. The molecule has 0 aliphatic heterocycles. The number of hydrogen-bond donors (Lipinski definition) is 0. The first-order chi connectivity index (χ1) is 5.43. The second-order valence-electron chi connectivity index (χ2n) is 2.33. The number of allylic oxidation sites excluding steroid dienone is 1. The first-order valence-electron chi connectivity index (χ1n) is 3.70. The molecule has 0 spiro atoms. The topological polar surface area (TPSA) is 0 Å². The number of hydrogen-bond acceptors (Lipinski definition) is 0. The average molecular weight is 163 g/mol. The maximum absolute atomic E-state index is 4.78. The van der Waals surface area contributed by atoms with Crippen LogP contribution in [0.5, 0.6) is 0 Å². The van der Waals surface area contributed by atoms with Crippen LogP contribution in [0.4, 0.5) is 0 Å². The van der Waals surface area contributed by atoms with Crippen molar-refractivity contribution < 1.29 is 0 Å². The quantitative estimate of drug-likeness (QED) is 0.601. The van der Waals surface area contributed by atoms with Gasteiger partial charge in [0.2, 0.25) is 0 Å². The Morgan fingerprint density at radius 3 is 2.45 bits per heavy atom. The van der Waals surface area contributed by atoms with Crippen molar-refractivity contribution in [3.8, 4) is 0 Å². The van der Waals surface area contributed by atoms with Crippen LogP contribution >= 0.6 is 12.6 Å². The first kappa shape index (κ1) is 8.41. The van der Waals surface area contributed by atoms with E-state index in [9.17, 15) is 0 Å². The summed E-state index contributed by atoms with van der Waals surface area (Å²) in [5.41, 5.74) is 1.34. The van der Waals surface area contributed by atoms with Gasteiger partial charge in [-0.05, 0) is 12.0 Å². The van der Waals surface area contributed by atoms with Gasteiger partial charge in [0.1, 0.15) is 0 Å². The predicted molar refractivity (Wildman–Crippen MR) is 51.7 cm³/mol. The monoisotopic (exact) mass is 163 g/mol. The van der Waals surface area contributed by atoms with Crippen molar-refractivity contribution in [3.05, 3.63) is 48.0 Å². The van der Waals surface area contributed by atoms with Gasteiger partial charge in [0.15, 0.2) is 0 Å². The van der Waals surface area contributed by atoms with Crippen LogP contribution < -0.4 is 0 Å². The van der Waals surface area contributed by atoms with Gasteiger partial charge in [-0.2, -0.15) is 0 Å². The summed E-state index contributed by atoms with van der Waals surface area (Å²) < 4.78 is 0. The van der Waals surface area contributed by atoms with Crippen molar-refractivity contribution in [3.63, 3.8) is 0 Å². The highest BCUT2D eigenvalue weighted by Crippen LogP contribution is 1.99. The molecule has 1 aromatic rings. The van der Waals surface area contributed by atoms with Crippen LogP contribution in [0.3, 0.4) is 0 Å². The Labute approximate surface area is 73.4 Å². The molecule has 0 N–H and O–H groups in total. The second-order valence-corrected chi connectivity index (χ2v) is 2.66. The van der Waals surface area contributed by atoms with Crippen LogP contribution in [0.1, 0.15) is 5.56 Å². The summed E-state index contributed by atoms with van der Waals surface area (Å²) in [6.07, 6.45) is 5.13. The Bertz CT molecular complexity index is 214. The summed E-state index contributed by atoms with van der Waals surface area (Å²) in [6.45, 7) is 0. The molecule has 0 amide bonds. The Morgan fingerprint density at radius 1 is 1.09 bits per heavy atom. The molecule has 0 atom stereocenters. The molecule has 0 heterocycles. The molecule has 0 aliphatic rings. The van der Waals surface area contributed by atoms with Crippen molar-refractivity contribution in [2.45, 2.75) is 6.42 Å². The fourth-order valence-electron chi connectivity index (χ4n) is 0.902. The maximum Gasteiger partial charge on any atom is 0.0218 e. The van der Waals surface area contributed by atoms with Crippen molar-refractivity contribution >= 4 is 12.6 Å². The van der Waals surface area contributed by atoms with E-state index in [2.05, 4.69) is 30.3 Å². The van der Waals surface area contributed by atoms with Crippen molar-refractivity contribution in [1.82, 2.24) is 0 Å². The Hall–Kier alpha value is -0.690. The minimum absolute atomic E-state index is 0.715. The fourth-order valence-corrected chi connectivity index (χ4v) is 1.04. The number of rotatable bonds is 3. The van der Waals surface area contributed by atoms with E-state index < -0.39 is 0 Å². The molecule has 0 unspecified atom stereocenters. The molecule has 0 saturated carbocycles. The van der Waals surface area contributed by atoms with Gasteiger partial charge in [0, 0.05) is 5.75 Å². The summed E-state index contributed by atoms with van der Waals surface area (Å²) >= 11 is 4.78. The molecular formula is C10H11S. The Kier molecular flexibility index (Phi) is 3.84. The highest BCUT2D eigenvalue weighted by molar-refractivity contribution is 7.80. The lowest BCUT2D eigenvalue weighted by atomic mass is 10.1. The second kappa shape index (κ2) is 5.03. The molecule has 0 aliphatic carbocycles. The predicted octanol–water partition coefficient (Wildman–Crippen LogP) is 2.98. The highest BCUT2D eigenvalue weighted by Gasteiger charge is 1.83. The van der Waals surface area contributed by atoms with E-state index in [4.69, 9.17) is 12.6 Å². The van der Waals surface area contributed by atoms with Crippen LogP contribution in [0.25, 0.3) is 0 Å². The molecule has 0 aromatic heterocycles. The normalized spacial score (nSPS) is 10.6. The maximum atomic E-state index is 4.78. The van der Waals surface area contributed by atoms with Gasteiger partial charge in [-0.15, -0.1) is 0 Å². The van der Waals surface area contributed by atoms with Crippen LogP contribution in [0, 0.1) is 0 Å². The van der Waals surface area contributed by atoms with E-state index in [1.54, 1.807) is 0 Å². The fraction of sp³-hybridized carbons (Fsp3) is 0.200. The zero-order valence-corrected chi connectivity index (χ0v) is 7.18. The van der Waals surface area contributed by atoms with Crippen molar-refractivity contribution in [2.75, 3.05) is 5.75 Å². The van der Waals surface area contributed by atoms with E-state index in [1.807, 2.05) is 12.1 Å². The first-order valence-corrected chi connectivity index (χ1v) is 4.28. The Balaban J connectivity index is 2.45. The third-order valence-electron chi connectivity index (χ3n) is 1.46. The van der Waals surface area contributed by atoms with Crippen LogP contribution in [-0.4, -0.2) is 5.75 Å². The molecule has 0 fully saturated rings. The van der Waals surface area contributed by atoms with Gasteiger partial charge < -0.3 is 0 Å². The van der Waals surface area contributed by atoms with E-state index in [0.29, 0.717) is 5.75 Å². The lowest BCUT2D eigenvalue weighted by molar-refractivity contribution is 1.26. The standard InChI is InChI=1S/C10H11S/c11-9-5-4-8-10-6-2-1-3-7-10/h1-7H,8-9H2. The van der Waals surface area contributed by atoms with Gasteiger partial charge in [0.25, 0.3) is 0 Å². The lowest BCUT2D eigenvalue weighted by Crippen LogP contribution is -1.78. The zero-order valence-electron chi connectivity index (χ0n) is 6.36. The average Bonchev–Trinajstić information content (AvgIpc) is 2.07. The largest absolute Gasteiger partial charge is 0.0897 e. The third-order valence-corrected chi connectivity index (χ3v) is 1.65. The molecule has 1 radical (unpaired) electrons. The molecule has 0 nitrogen and oxygen atoms in total. The molecule has 1 aromatic carbocycles. The Morgan fingerprint density at radius 2 is 1.82 bits per heavy atom. The summed E-state index contributed by atoms with van der Waals surface area (Å²) in [7, 11) is 0. The van der Waals surface area contributed by atoms with E-state index in [-0.39, 0.29) is 0 Å². The van der Waals surface area contributed by atoms with Crippen LogP contribution in [-0.2, 0) is 6.42 Å². The van der Waals surface area contributed by atoms with Crippen molar-refractivity contribution in [2.24, 2.45) is 0 Å². The van der Waals surface area contributed by atoms with E-state index in [1.165, 1.54) is 5.56 Å². The molecule has 57 valence electrons. The zero-order chi connectivity index (χ0) is 7.94. The van der Waals surface area contributed by atoms with Crippen LogP contribution in [0.15, 0.2) is 42.5 Å². The van der Waals surface area contributed by atoms with Gasteiger partial charge >= 0.3 is 0 Å². The highest BCUT2D eigenvalue weighted by atomic mass is 32.1. The molecule has 1 heteroatoms. The summed E-state index contributed by atoms with van der Waals surface area (Å²) in [5.74, 6) is 0.715. The molecule has 0 bridgehead atoms. The minimum atomic E-state index is 0.715. The molecule has 11 heavy (non-hydrogen) atoms. The lowest BCUT2D eigenvalue weighted by Gasteiger charge is -1.92. The SMILES string of the molecule is [S]CC=CCc1ccccc1. The minimum Gasteiger partial charge on any atom is -0.0897 e. The summed E-state index contributed by atoms with van der Waals surface area (Å²) in [5, 5.41) is 0. The van der Waals surface area contributed by atoms with Gasteiger partial charge in [-0.1, -0.05) is 55.1 Å². The summed E-state index contributed by atoms with van der Waals surface area (Å²) in [4.78, 5) is 0.